The molecule has 0 amide bonds. The molecule has 1 N–H and O–H groups in total. The molecule has 2 nitrogen and oxygen atoms in total. The minimum atomic E-state index is -2.53. The Kier molecular flexibility index (Phi) is 5.65. The van der Waals surface area contributed by atoms with E-state index in [0.717, 1.165) is 0 Å². The van der Waals surface area contributed by atoms with Crippen molar-refractivity contribution in [1.82, 2.24) is 4.72 Å². The maximum absolute atomic E-state index is 12.8. The second-order valence-electron chi connectivity index (χ2n) is 5.27. The van der Waals surface area contributed by atoms with E-state index < -0.39 is 22.2 Å². The van der Waals surface area contributed by atoms with Crippen molar-refractivity contribution in [2.45, 2.75) is 44.9 Å². The standard InChI is InChI=1S/C13H18BrF2NOS/c1-8(17-19(18)13(2,3)4)9-6-5-7-10(11(9)14)12(15)16/h5-8,12,17H,1-4H3/t8-,19?/m1/s1. The van der Waals surface area contributed by atoms with Gasteiger partial charge in [0.15, 0.2) is 0 Å². The van der Waals surface area contributed by atoms with Crippen LogP contribution in [0.5, 0.6) is 0 Å². The van der Waals surface area contributed by atoms with Gasteiger partial charge < -0.3 is 0 Å². The Morgan fingerprint density at radius 3 is 2.26 bits per heavy atom. The van der Waals surface area contributed by atoms with Crippen LogP contribution in [0.4, 0.5) is 8.78 Å². The average molecular weight is 354 g/mol. The van der Waals surface area contributed by atoms with Crippen LogP contribution in [0.3, 0.4) is 0 Å². The van der Waals surface area contributed by atoms with Gasteiger partial charge in [0.1, 0.15) is 0 Å². The Balaban J connectivity index is 2.98. The highest BCUT2D eigenvalue weighted by Crippen LogP contribution is 2.33. The molecular formula is C13H18BrF2NOS. The number of rotatable bonds is 4. The van der Waals surface area contributed by atoms with Crippen molar-refractivity contribution >= 4 is 26.9 Å². The quantitative estimate of drug-likeness (QED) is 0.848. The molecule has 108 valence electrons. The van der Waals surface area contributed by atoms with Crippen LogP contribution in [0, 0.1) is 0 Å². The van der Waals surface area contributed by atoms with Crippen molar-refractivity contribution < 1.29 is 13.0 Å². The summed E-state index contributed by atoms with van der Waals surface area (Å²) in [5.74, 6) is 0. The third-order valence-corrected chi connectivity index (χ3v) is 5.20. The number of benzene rings is 1. The first kappa shape index (κ1) is 16.7. The van der Waals surface area contributed by atoms with E-state index in [1.807, 2.05) is 20.8 Å². The molecule has 1 rings (SSSR count). The van der Waals surface area contributed by atoms with Crippen LogP contribution in [-0.2, 0) is 11.0 Å². The Bertz CT molecular complexity index is 474. The van der Waals surface area contributed by atoms with Gasteiger partial charge in [-0.05, 0) is 49.2 Å². The molecule has 0 aliphatic heterocycles. The molecule has 0 spiro atoms. The third kappa shape index (κ3) is 4.33. The predicted molar refractivity (Wildman–Crippen MR) is 78.5 cm³/mol. The van der Waals surface area contributed by atoms with Crippen LogP contribution in [0.1, 0.15) is 51.3 Å². The molecule has 0 radical (unpaired) electrons. The van der Waals surface area contributed by atoms with Gasteiger partial charge >= 0.3 is 0 Å². The maximum atomic E-state index is 12.8. The zero-order valence-electron chi connectivity index (χ0n) is 11.3. The molecular weight excluding hydrogens is 336 g/mol. The van der Waals surface area contributed by atoms with Crippen molar-refractivity contribution in [3.05, 3.63) is 33.8 Å². The van der Waals surface area contributed by atoms with Gasteiger partial charge in [-0.25, -0.2) is 17.7 Å². The highest BCUT2D eigenvalue weighted by Gasteiger charge is 2.23. The predicted octanol–water partition coefficient (Wildman–Crippen LogP) is 4.50. The Morgan fingerprint density at radius 2 is 1.79 bits per heavy atom. The summed E-state index contributed by atoms with van der Waals surface area (Å²) < 4.78 is 40.6. The molecule has 0 fully saturated rings. The summed E-state index contributed by atoms with van der Waals surface area (Å²) >= 11 is 3.20. The first-order chi connectivity index (χ1) is 8.64. The third-order valence-electron chi connectivity index (χ3n) is 2.60. The zero-order chi connectivity index (χ0) is 14.8. The van der Waals surface area contributed by atoms with E-state index in [0.29, 0.717) is 10.0 Å². The van der Waals surface area contributed by atoms with Gasteiger partial charge in [-0.3, -0.25) is 0 Å². The summed E-state index contributed by atoms with van der Waals surface area (Å²) in [5, 5.41) is 0. The van der Waals surface area contributed by atoms with E-state index in [4.69, 9.17) is 0 Å². The van der Waals surface area contributed by atoms with Gasteiger partial charge in [-0.1, -0.05) is 18.2 Å². The van der Waals surface area contributed by atoms with Gasteiger partial charge in [0.25, 0.3) is 6.43 Å². The van der Waals surface area contributed by atoms with Gasteiger partial charge in [-0.2, -0.15) is 0 Å². The van der Waals surface area contributed by atoms with Crippen LogP contribution in [0.25, 0.3) is 0 Å². The number of alkyl halides is 2. The minimum absolute atomic E-state index is 0.0484. The van der Waals surface area contributed by atoms with E-state index in [-0.39, 0.29) is 11.6 Å². The molecule has 0 bridgehead atoms. The molecule has 0 aliphatic rings. The normalized spacial score (nSPS) is 15.6. The first-order valence-electron chi connectivity index (χ1n) is 5.89. The Morgan fingerprint density at radius 1 is 1.26 bits per heavy atom. The fraction of sp³-hybridized carbons (Fsp3) is 0.538. The highest BCUT2D eigenvalue weighted by atomic mass is 79.9. The van der Waals surface area contributed by atoms with E-state index in [2.05, 4.69) is 20.7 Å². The number of hydrogen-bond acceptors (Lipinski definition) is 1. The van der Waals surface area contributed by atoms with Crippen LogP contribution >= 0.6 is 15.9 Å². The largest absolute Gasteiger partial charge is 0.264 e. The number of nitrogens with one attached hydrogen (secondary N) is 1. The molecule has 0 aliphatic carbocycles. The molecule has 0 saturated carbocycles. The van der Waals surface area contributed by atoms with Crippen LogP contribution in [0.15, 0.2) is 22.7 Å². The van der Waals surface area contributed by atoms with Crippen molar-refractivity contribution in [1.29, 1.82) is 0 Å². The van der Waals surface area contributed by atoms with Crippen molar-refractivity contribution in [3.8, 4) is 0 Å². The summed E-state index contributed by atoms with van der Waals surface area (Å²) in [6, 6.07) is 4.42. The maximum Gasteiger partial charge on any atom is 0.264 e. The van der Waals surface area contributed by atoms with Crippen LogP contribution in [-0.4, -0.2) is 8.96 Å². The van der Waals surface area contributed by atoms with Crippen molar-refractivity contribution in [2.24, 2.45) is 0 Å². The number of hydrogen-bond donors (Lipinski definition) is 1. The van der Waals surface area contributed by atoms with Gasteiger partial charge in [-0.15, -0.1) is 0 Å². The van der Waals surface area contributed by atoms with Crippen molar-refractivity contribution in [3.63, 3.8) is 0 Å². The molecule has 1 aromatic rings. The molecule has 1 unspecified atom stereocenters. The van der Waals surface area contributed by atoms with E-state index >= 15 is 0 Å². The van der Waals surface area contributed by atoms with E-state index in [9.17, 15) is 13.0 Å². The second-order valence-corrected chi connectivity index (χ2v) is 8.06. The molecule has 19 heavy (non-hydrogen) atoms. The van der Waals surface area contributed by atoms with Crippen molar-refractivity contribution in [2.75, 3.05) is 0 Å². The molecule has 1 aromatic carbocycles. The summed E-state index contributed by atoms with van der Waals surface area (Å²) in [6.45, 7) is 7.37. The summed E-state index contributed by atoms with van der Waals surface area (Å²) in [4.78, 5) is 0. The highest BCUT2D eigenvalue weighted by molar-refractivity contribution is 9.10. The lowest BCUT2D eigenvalue weighted by Gasteiger charge is -2.23. The van der Waals surface area contributed by atoms with Gasteiger partial charge in [0, 0.05) is 16.1 Å². The summed E-state index contributed by atoms with van der Waals surface area (Å²) in [5.41, 5.74) is 0.628. The Labute approximate surface area is 123 Å². The average Bonchev–Trinajstić information content (AvgIpc) is 2.27. The minimum Gasteiger partial charge on any atom is -0.242 e. The lowest BCUT2D eigenvalue weighted by molar-refractivity contribution is 0.150. The summed E-state index contributed by atoms with van der Waals surface area (Å²) in [6.07, 6.45) is -2.53. The molecule has 0 heterocycles. The lowest BCUT2D eigenvalue weighted by atomic mass is 10.1. The second kappa shape index (κ2) is 6.41. The monoisotopic (exact) mass is 353 g/mol. The SMILES string of the molecule is C[C@@H](NS(=O)C(C)(C)C)c1cccc(C(F)F)c1Br. The molecule has 0 aromatic heterocycles. The van der Waals surface area contributed by atoms with Gasteiger partial charge in [0.2, 0.25) is 0 Å². The molecule has 2 atom stereocenters. The topological polar surface area (TPSA) is 29.1 Å². The number of halogens is 3. The fourth-order valence-corrected chi connectivity index (χ4v) is 3.05. The molecule has 6 heteroatoms. The summed E-state index contributed by atoms with van der Waals surface area (Å²) in [7, 11) is -1.25. The van der Waals surface area contributed by atoms with Crippen LogP contribution < -0.4 is 4.72 Å². The van der Waals surface area contributed by atoms with Crippen LogP contribution in [0.2, 0.25) is 0 Å². The first-order valence-corrected chi connectivity index (χ1v) is 7.83. The lowest BCUT2D eigenvalue weighted by Crippen LogP contribution is -2.35. The molecule has 0 saturated heterocycles. The fourth-order valence-electron chi connectivity index (χ4n) is 1.47. The zero-order valence-corrected chi connectivity index (χ0v) is 13.7. The van der Waals surface area contributed by atoms with E-state index in [1.54, 1.807) is 19.1 Å². The van der Waals surface area contributed by atoms with Gasteiger partial charge in [0.05, 0.1) is 15.7 Å². The Hall–Kier alpha value is -0.330. The van der Waals surface area contributed by atoms with E-state index in [1.165, 1.54) is 6.07 Å². The smallest absolute Gasteiger partial charge is 0.242 e.